The fourth-order valence-electron chi connectivity index (χ4n) is 4.13. The fraction of sp³-hybridized carbons (Fsp3) is 0.480. The first-order valence-corrected chi connectivity index (χ1v) is 15.1. The molecule has 1 heterocycles. The summed E-state index contributed by atoms with van der Waals surface area (Å²) >= 11 is 0. The Hall–Kier alpha value is -2.47. The second-order valence-electron chi connectivity index (χ2n) is 9.54. The van der Waals surface area contributed by atoms with Crippen LogP contribution in [-0.4, -0.2) is 68.3 Å². The maximum Gasteiger partial charge on any atom is 0.407 e. The van der Waals surface area contributed by atoms with Crippen molar-refractivity contribution in [2.75, 3.05) is 32.0 Å². The van der Waals surface area contributed by atoms with E-state index in [1.807, 2.05) is 44.2 Å². The lowest BCUT2D eigenvalue weighted by Gasteiger charge is -2.32. The number of rotatable bonds is 13. The molecule has 3 rings (SSSR count). The Bertz CT molecular complexity index is 1160. The number of carbonyl (C=O) groups is 1. The van der Waals surface area contributed by atoms with Gasteiger partial charge in [-0.25, -0.2) is 13.2 Å². The van der Waals surface area contributed by atoms with Crippen molar-refractivity contribution in [2.45, 2.75) is 49.8 Å². The molecule has 0 bridgehead atoms. The van der Waals surface area contributed by atoms with Gasteiger partial charge in [-0.05, 0) is 42.2 Å². The molecular formula is C25H36N3O8PS. The van der Waals surface area contributed by atoms with E-state index in [0.29, 0.717) is 18.7 Å². The maximum atomic E-state index is 13.6. The van der Waals surface area contributed by atoms with Gasteiger partial charge in [-0.3, -0.25) is 4.57 Å². The summed E-state index contributed by atoms with van der Waals surface area (Å²) in [6, 6.07) is 14.1. The molecular weight excluding hydrogens is 533 g/mol. The van der Waals surface area contributed by atoms with Crippen LogP contribution in [0.5, 0.6) is 0 Å². The van der Waals surface area contributed by atoms with Gasteiger partial charge >= 0.3 is 14.3 Å². The van der Waals surface area contributed by atoms with Gasteiger partial charge in [-0.15, -0.1) is 0 Å². The summed E-state index contributed by atoms with van der Waals surface area (Å²) in [7, 11) is -7.55. The zero-order valence-electron chi connectivity index (χ0n) is 21.5. The van der Waals surface area contributed by atoms with E-state index in [9.17, 15) is 22.7 Å². The van der Waals surface area contributed by atoms with E-state index in [1.165, 1.54) is 28.6 Å². The molecule has 0 aromatic heterocycles. The Morgan fingerprint density at radius 3 is 2.45 bits per heavy atom. The van der Waals surface area contributed by atoms with Crippen molar-refractivity contribution in [1.29, 1.82) is 0 Å². The van der Waals surface area contributed by atoms with Crippen LogP contribution in [0.2, 0.25) is 0 Å². The number of ether oxygens (including phenoxy) is 2. The van der Waals surface area contributed by atoms with Crippen LogP contribution in [0, 0.1) is 5.92 Å². The van der Waals surface area contributed by atoms with Gasteiger partial charge in [-0.2, -0.15) is 4.31 Å². The van der Waals surface area contributed by atoms with Gasteiger partial charge in [0, 0.05) is 25.2 Å². The summed E-state index contributed by atoms with van der Waals surface area (Å²) in [5, 5.41) is 2.74. The van der Waals surface area contributed by atoms with Crippen LogP contribution < -0.4 is 11.1 Å². The van der Waals surface area contributed by atoms with E-state index in [0.717, 1.165) is 5.56 Å². The summed E-state index contributed by atoms with van der Waals surface area (Å²) in [5.41, 5.74) is 6.96. The molecule has 210 valence electrons. The molecule has 1 amide bonds. The van der Waals surface area contributed by atoms with Crippen molar-refractivity contribution in [1.82, 2.24) is 9.62 Å². The van der Waals surface area contributed by atoms with Crippen molar-refractivity contribution in [3.8, 4) is 0 Å². The van der Waals surface area contributed by atoms with E-state index in [-0.39, 0.29) is 36.9 Å². The lowest BCUT2D eigenvalue weighted by atomic mass is 10.0. The van der Waals surface area contributed by atoms with E-state index < -0.39 is 42.6 Å². The first-order chi connectivity index (χ1) is 18.0. The lowest BCUT2D eigenvalue weighted by molar-refractivity contribution is 0.0689. The summed E-state index contributed by atoms with van der Waals surface area (Å²) in [5.74, 6) is -0.0711. The van der Waals surface area contributed by atoms with Crippen LogP contribution >= 0.6 is 8.25 Å². The molecule has 4 N–H and O–H groups in total. The third-order valence-electron chi connectivity index (χ3n) is 5.93. The second-order valence-corrected chi connectivity index (χ2v) is 12.2. The standard InChI is InChI=1S/C25H36N3O8PS/c1-18(2)15-28(38(32,33)22-10-8-20(26)9-11-22)16-24(36-37(30)31)23(14-19-6-4-3-5-7-19)27-25(29)35-21-12-13-34-17-21/h3-11,18,21,23-24,37H,12-17,26H2,1-2H3,(H,27,29)(H,30,31)/t21-,23-,24+/m0/s1. The van der Waals surface area contributed by atoms with Gasteiger partial charge in [0.25, 0.3) is 0 Å². The molecule has 0 saturated carbocycles. The second kappa shape index (κ2) is 14.1. The molecule has 2 aromatic rings. The highest BCUT2D eigenvalue weighted by Crippen LogP contribution is 2.26. The maximum absolute atomic E-state index is 13.6. The molecule has 13 heteroatoms. The Labute approximate surface area is 224 Å². The summed E-state index contributed by atoms with van der Waals surface area (Å²) < 4.78 is 56.4. The molecule has 0 aliphatic carbocycles. The van der Waals surface area contributed by atoms with Gasteiger partial charge in [0.2, 0.25) is 10.0 Å². The number of alkyl carbamates (subject to hydrolysis) is 1. The zero-order valence-corrected chi connectivity index (χ0v) is 23.3. The number of anilines is 1. The molecule has 1 unspecified atom stereocenters. The van der Waals surface area contributed by atoms with E-state index in [2.05, 4.69) is 5.32 Å². The molecule has 38 heavy (non-hydrogen) atoms. The van der Waals surface area contributed by atoms with E-state index >= 15 is 0 Å². The lowest BCUT2D eigenvalue weighted by Crippen LogP contribution is -2.52. The number of benzene rings is 2. The highest BCUT2D eigenvalue weighted by atomic mass is 32.2. The van der Waals surface area contributed by atoms with Crippen molar-refractivity contribution < 1.29 is 36.7 Å². The normalized spacial score (nSPS) is 18.3. The van der Waals surface area contributed by atoms with Crippen LogP contribution in [0.1, 0.15) is 25.8 Å². The van der Waals surface area contributed by atoms with Gasteiger partial charge in [0.15, 0.2) is 0 Å². The number of hydrogen-bond donors (Lipinski definition) is 3. The van der Waals surface area contributed by atoms with E-state index in [4.69, 9.17) is 19.7 Å². The Kier molecular flexibility index (Phi) is 11.1. The third-order valence-corrected chi connectivity index (χ3v) is 8.28. The molecule has 1 saturated heterocycles. The number of nitrogens with two attached hydrogens (primary N) is 1. The number of nitrogens with one attached hydrogen (secondary N) is 1. The average molecular weight is 570 g/mol. The van der Waals surface area contributed by atoms with Crippen molar-refractivity contribution in [3.05, 3.63) is 60.2 Å². The minimum absolute atomic E-state index is 0.0240. The van der Waals surface area contributed by atoms with Gasteiger partial charge in [0.05, 0.1) is 24.2 Å². The van der Waals surface area contributed by atoms with Crippen LogP contribution in [0.4, 0.5) is 10.5 Å². The van der Waals surface area contributed by atoms with Gasteiger partial charge < -0.3 is 29.9 Å². The SMILES string of the molecule is CC(C)CN(C[C@@H](O[PH](=O)O)[C@H](Cc1ccccc1)NC(=O)O[C@H]1CCOC1)S(=O)(=O)c1ccc(N)cc1. The number of nitrogen functional groups attached to an aromatic ring is 1. The predicted octanol–water partition coefficient (Wildman–Crippen LogP) is 2.81. The summed E-state index contributed by atoms with van der Waals surface area (Å²) in [6.45, 7) is 4.31. The molecule has 1 aliphatic rings. The van der Waals surface area contributed by atoms with Crippen LogP contribution in [0.3, 0.4) is 0 Å². The zero-order chi connectivity index (χ0) is 27.7. The molecule has 11 nitrogen and oxygen atoms in total. The molecule has 2 aromatic carbocycles. The Morgan fingerprint density at radius 1 is 1.18 bits per heavy atom. The number of nitrogens with zero attached hydrogens (tertiary/aromatic N) is 1. The summed E-state index contributed by atoms with van der Waals surface area (Å²) in [6.07, 6.45) is -1.56. The van der Waals surface area contributed by atoms with E-state index in [1.54, 1.807) is 0 Å². The first kappa shape index (κ1) is 30.1. The molecule has 1 fully saturated rings. The number of hydrogen-bond acceptors (Lipinski definition) is 8. The minimum Gasteiger partial charge on any atom is -0.444 e. The molecule has 1 aliphatic heterocycles. The fourth-order valence-corrected chi connectivity index (χ4v) is 6.24. The van der Waals surface area contributed by atoms with Crippen molar-refractivity contribution in [3.63, 3.8) is 0 Å². The summed E-state index contributed by atoms with van der Waals surface area (Å²) in [4.78, 5) is 22.5. The molecule has 0 radical (unpaired) electrons. The van der Waals surface area contributed by atoms with Crippen LogP contribution in [0.25, 0.3) is 0 Å². The van der Waals surface area contributed by atoms with Crippen LogP contribution in [0.15, 0.2) is 59.5 Å². The molecule has 4 atom stereocenters. The Morgan fingerprint density at radius 2 is 1.87 bits per heavy atom. The van der Waals surface area contributed by atoms with Gasteiger partial charge in [0.1, 0.15) is 12.2 Å². The monoisotopic (exact) mass is 569 g/mol. The van der Waals surface area contributed by atoms with Crippen molar-refractivity contribution >= 4 is 30.1 Å². The smallest absolute Gasteiger partial charge is 0.407 e. The number of amides is 1. The highest BCUT2D eigenvalue weighted by molar-refractivity contribution is 7.89. The third kappa shape index (κ3) is 9.07. The topological polar surface area (TPSA) is 157 Å². The first-order valence-electron chi connectivity index (χ1n) is 12.4. The largest absolute Gasteiger partial charge is 0.444 e. The predicted molar refractivity (Wildman–Crippen MR) is 143 cm³/mol. The quantitative estimate of drug-likeness (QED) is 0.244. The van der Waals surface area contributed by atoms with Crippen molar-refractivity contribution in [2.24, 2.45) is 5.92 Å². The number of sulfonamides is 1. The molecule has 0 spiro atoms. The average Bonchev–Trinajstić information content (AvgIpc) is 3.36. The minimum atomic E-state index is -4.03. The number of carbonyl (C=O) groups excluding carboxylic acids is 1. The van der Waals surface area contributed by atoms with Gasteiger partial charge in [-0.1, -0.05) is 44.2 Å². The van der Waals surface area contributed by atoms with Crippen LogP contribution in [-0.2, 0) is 35.0 Å². The Balaban J connectivity index is 1.92. The highest BCUT2D eigenvalue weighted by Gasteiger charge is 2.34.